The Labute approximate surface area is 154 Å². The standard InChI is InChI=1S/C15H19N3O3S.2ClH/c1-22(20,21)12-4-2-11(3-5-12)15-17-8-9-18(15)13-6-7-16-10-14(13)19;;/h2-5,8-9,13-14,16,19H,6-7,10H2,1H3;2*1H/t13-,14-;;/m0../s1. The molecule has 1 aliphatic rings. The lowest BCUT2D eigenvalue weighted by Gasteiger charge is -2.30. The first-order valence-electron chi connectivity index (χ1n) is 7.19. The number of rotatable bonds is 3. The molecule has 0 aliphatic carbocycles. The molecule has 134 valence electrons. The summed E-state index contributed by atoms with van der Waals surface area (Å²) in [6.07, 6.45) is 5.12. The number of aliphatic hydroxyl groups excluding tert-OH is 1. The number of nitrogens with zero attached hydrogens (tertiary/aromatic N) is 2. The molecule has 1 saturated heterocycles. The summed E-state index contributed by atoms with van der Waals surface area (Å²) >= 11 is 0. The lowest BCUT2D eigenvalue weighted by molar-refractivity contribution is 0.0880. The van der Waals surface area contributed by atoms with Crippen LogP contribution in [-0.4, -0.2) is 48.5 Å². The molecule has 0 unspecified atom stereocenters. The van der Waals surface area contributed by atoms with Crippen molar-refractivity contribution in [3.63, 3.8) is 0 Å². The molecule has 2 aromatic rings. The maximum absolute atomic E-state index is 11.5. The topological polar surface area (TPSA) is 84.2 Å². The minimum atomic E-state index is -3.20. The number of halogens is 2. The Morgan fingerprint density at radius 3 is 2.50 bits per heavy atom. The van der Waals surface area contributed by atoms with Crippen LogP contribution in [0.3, 0.4) is 0 Å². The summed E-state index contributed by atoms with van der Waals surface area (Å²) in [5, 5.41) is 13.3. The van der Waals surface area contributed by atoms with E-state index in [-0.39, 0.29) is 35.8 Å². The van der Waals surface area contributed by atoms with Crippen molar-refractivity contribution >= 4 is 34.7 Å². The Morgan fingerprint density at radius 1 is 1.25 bits per heavy atom. The fourth-order valence-corrected chi connectivity index (χ4v) is 3.44. The Bertz CT molecular complexity index is 763. The Balaban J connectivity index is 0.00000144. The van der Waals surface area contributed by atoms with E-state index in [1.165, 1.54) is 6.26 Å². The molecule has 9 heteroatoms. The summed E-state index contributed by atoms with van der Waals surface area (Å²) in [4.78, 5) is 4.66. The fraction of sp³-hybridized carbons (Fsp3) is 0.400. The molecule has 0 spiro atoms. The summed E-state index contributed by atoms with van der Waals surface area (Å²) in [5.74, 6) is 0.742. The quantitative estimate of drug-likeness (QED) is 0.828. The van der Waals surface area contributed by atoms with Gasteiger partial charge in [-0.1, -0.05) is 0 Å². The molecule has 0 radical (unpaired) electrons. The van der Waals surface area contributed by atoms with Crippen LogP contribution in [0.1, 0.15) is 12.5 Å². The van der Waals surface area contributed by atoms with Gasteiger partial charge in [0.25, 0.3) is 0 Å². The first-order valence-corrected chi connectivity index (χ1v) is 9.08. The summed E-state index contributed by atoms with van der Waals surface area (Å²) in [6, 6.07) is 6.66. The highest BCUT2D eigenvalue weighted by molar-refractivity contribution is 7.90. The minimum Gasteiger partial charge on any atom is -0.390 e. The van der Waals surface area contributed by atoms with Gasteiger partial charge in [-0.05, 0) is 37.2 Å². The largest absolute Gasteiger partial charge is 0.390 e. The zero-order valence-electron chi connectivity index (χ0n) is 13.1. The van der Waals surface area contributed by atoms with E-state index in [9.17, 15) is 13.5 Å². The normalized spacial score (nSPS) is 20.8. The number of benzene rings is 1. The molecular weight excluding hydrogens is 373 g/mol. The Morgan fingerprint density at radius 2 is 1.92 bits per heavy atom. The van der Waals surface area contributed by atoms with Crippen molar-refractivity contribution in [2.75, 3.05) is 19.3 Å². The van der Waals surface area contributed by atoms with Gasteiger partial charge in [-0.2, -0.15) is 0 Å². The van der Waals surface area contributed by atoms with E-state index in [0.717, 1.165) is 24.4 Å². The molecule has 2 N–H and O–H groups in total. The second-order valence-electron chi connectivity index (χ2n) is 5.58. The number of hydrogen-bond donors (Lipinski definition) is 2. The van der Waals surface area contributed by atoms with Crippen molar-refractivity contribution in [1.82, 2.24) is 14.9 Å². The van der Waals surface area contributed by atoms with Gasteiger partial charge in [0.05, 0.1) is 17.0 Å². The first-order chi connectivity index (χ1) is 10.5. The van der Waals surface area contributed by atoms with Gasteiger partial charge in [0.15, 0.2) is 9.84 Å². The van der Waals surface area contributed by atoms with Gasteiger partial charge in [-0.25, -0.2) is 13.4 Å². The molecule has 3 rings (SSSR count). The highest BCUT2D eigenvalue weighted by atomic mass is 35.5. The lowest BCUT2D eigenvalue weighted by Crippen LogP contribution is -2.41. The predicted molar refractivity (Wildman–Crippen MR) is 97.8 cm³/mol. The van der Waals surface area contributed by atoms with Gasteiger partial charge in [0.1, 0.15) is 5.82 Å². The first kappa shape index (κ1) is 20.9. The van der Waals surface area contributed by atoms with Crippen LogP contribution < -0.4 is 5.32 Å². The number of hydrogen-bond acceptors (Lipinski definition) is 5. The van der Waals surface area contributed by atoms with Crippen LogP contribution in [0.25, 0.3) is 11.4 Å². The highest BCUT2D eigenvalue weighted by Gasteiger charge is 2.26. The maximum Gasteiger partial charge on any atom is 0.175 e. The van der Waals surface area contributed by atoms with Gasteiger partial charge in [-0.15, -0.1) is 24.8 Å². The van der Waals surface area contributed by atoms with E-state index in [0.29, 0.717) is 6.54 Å². The van der Waals surface area contributed by atoms with Crippen molar-refractivity contribution < 1.29 is 13.5 Å². The summed E-state index contributed by atoms with van der Waals surface area (Å²) in [6.45, 7) is 1.42. The molecule has 0 amide bonds. The third-order valence-corrected chi connectivity index (χ3v) is 5.11. The molecular formula is C15H21Cl2N3O3S. The molecule has 1 aromatic heterocycles. The number of β-amino-alcohol motifs (C(OH)–C–C–N with tert-alkyl or cyclic N) is 1. The third kappa shape index (κ3) is 4.29. The lowest BCUT2D eigenvalue weighted by atomic mass is 10.0. The number of aliphatic hydroxyl groups is 1. The van der Waals surface area contributed by atoms with Crippen LogP contribution in [-0.2, 0) is 9.84 Å². The average molecular weight is 394 g/mol. The fourth-order valence-electron chi connectivity index (χ4n) is 2.81. The molecule has 24 heavy (non-hydrogen) atoms. The Hall–Kier alpha value is -1.12. The van der Waals surface area contributed by atoms with Gasteiger partial charge in [-0.3, -0.25) is 0 Å². The number of piperidine rings is 1. The number of nitrogens with one attached hydrogen (secondary N) is 1. The van der Waals surface area contributed by atoms with E-state index >= 15 is 0 Å². The third-order valence-electron chi connectivity index (χ3n) is 3.98. The van der Waals surface area contributed by atoms with Crippen LogP contribution >= 0.6 is 24.8 Å². The molecule has 0 saturated carbocycles. The minimum absolute atomic E-state index is 0. The summed E-state index contributed by atoms with van der Waals surface area (Å²) < 4.78 is 25.0. The molecule has 1 aromatic carbocycles. The molecule has 2 atom stereocenters. The molecule has 1 fully saturated rings. The second-order valence-corrected chi connectivity index (χ2v) is 7.60. The molecule has 0 bridgehead atoms. The van der Waals surface area contributed by atoms with Crippen LogP contribution in [0.15, 0.2) is 41.6 Å². The van der Waals surface area contributed by atoms with E-state index < -0.39 is 15.9 Å². The van der Waals surface area contributed by atoms with Crippen molar-refractivity contribution in [3.05, 3.63) is 36.7 Å². The van der Waals surface area contributed by atoms with Crippen molar-refractivity contribution in [2.45, 2.75) is 23.5 Å². The van der Waals surface area contributed by atoms with E-state index in [1.807, 2.05) is 10.8 Å². The van der Waals surface area contributed by atoms with E-state index in [2.05, 4.69) is 10.3 Å². The zero-order valence-corrected chi connectivity index (χ0v) is 15.6. The Kier molecular flexibility index (Phi) is 7.25. The predicted octanol–water partition coefficient (Wildman–Crippen LogP) is 1.69. The van der Waals surface area contributed by atoms with Gasteiger partial charge in [0, 0.05) is 30.8 Å². The molecule has 2 heterocycles. The monoisotopic (exact) mass is 393 g/mol. The number of aromatic nitrogens is 2. The smallest absolute Gasteiger partial charge is 0.175 e. The maximum atomic E-state index is 11.5. The van der Waals surface area contributed by atoms with Crippen LogP contribution in [0.5, 0.6) is 0 Å². The van der Waals surface area contributed by atoms with Crippen molar-refractivity contribution in [3.8, 4) is 11.4 Å². The SMILES string of the molecule is CS(=O)(=O)c1ccc(-c2nccn2[C@H]2CCNC[C@@H]2O)cc1.Cl.Cl. The van der Waals surface area contributed by atoms with Gasteiger partial charge in [0.2, 0.25) is 0 Å². The van der Waals surface area contributed by atoms with Crippen molar-refractivity contribution in [2.24, 2.45) is 0 Å². The number of sulfone groups is 1. The van der Waals surface area contributed by atoms with Crippen LogP contribution in [0.2, 0.25) is 0 Å². The summed E-state index contributed by atoms with van der Waals surface area (Å²) in [7, 11) is -3.20. The highest BCUT2D eigenvalue weighted by Crippen LogP contribution is 2.27. The van der Waals surface area contributed by atoms with Crippen LogP contribution in [0, 0.1) is 0 Å². The average Bonchev–Trinajstić information content (AvgIpc) is 2.96. The molecule has 6 nitrogen and oxygen atoms in total. The van der Waals surface area contributed by atoms with Crippen LogP contribution in [0.4, 0.5) is 0 Å². The van der Waals surface area contributed by atoms with Gasteiger partial charge < -0.3 is 15.0 Å². The van der Waals surface area contributed by atoms with E-state index in [4.69, 9.17) is 0 Å². The van der Waals surface area contributed by atoms with Crippen molar-refractivity contribution in [1.29, 1.82) is 0 Å². The van der Waals surface area contributed by atoms with Gasteiger partial charge >= 0.3 is 0 Å². The molecule has 1 aliphatic heterocycles. The summed E-state index contributed by atoms with van der Waals surface area (Å²) in [5.41, 5.74) is 0.836. The zero-order chi connectivity index (χ0) is 15.7. The second kappa shape index (κ2) is 8.31. The van der Waals surface area contributed by atoms with E-state index in [1.54, 1.807) is 30.5 Å². The number of imidazole rings is 1.